The summed E-state index contributed by atoms with van der Waals surface area (Å²) in [6.07, 6.45) is 1.28. The molecule has 0 bridgehead atoms. The first-order valence-electron chi connectivity index (χ1n) is 5.18. The molecule has 5 nitrogen and oxygen atoms in total. The molecule has 0 saturated heterocycles. The molecule has 2 rings (SSSR count). The van der Waals surface area contributed by atoms with Crippen LogP contribution in [0.5, 0.6) is 0 Å². The molecule has 0 unspecified atom stereocenters. The van der Waals surface area contributed by atoms with Crippen molar-refractivity contribution in [3.63, 3.8) is 0 Å². The quantitative estimate of drug-likeness (QED) is 0.654. The number of pyridine rings is 1. The molecule has 0 amide bonds. The van der Waals surface area contributed by atoms with E-state index < -0.39 is 10.0 Å². The largest absolute Gasteiger partial charge is 0.398 e. The van der Waals surface area contributed by atoms with Crippen molar-refractivity contribution in [2.75, 3.05) is 10.5 Å². The summed E-state index contributed by atoms with van der Waals surface area (Å²) >= 11 is 17.3. The number of benzene rings is 1. The Balaban J connectivity index is 2.43. The average Bonchev–Trinajstić information content (AvgIpc) is 2.30. The maximum Gasteiger partial charge on any atom is 0.265 e. The molecule has 0 atom stereocenters. The first kappa shape index (κ1) is 15.2. The smallest absolute Gasteiger partial charge is 0.265 e. The van der Waals surface area contributed by atoms with Gasteiger partial charge in [0.1, 0.15) is 10.0 Å². The highest BCUT2D eigenvalue weighted by molar-refractivity contribution is 7.93. The maximum absolute atomic E-state index is 12.3. The van der Waals surface area contributed by atoms with E-state index in [0.717, 1.165) is 0 Å². The maximum atomic E-state index is 12.3. The molecule has 2 aromatic rings. The van der Waals surface area contributed by atoms with Gasteiger partial charge >= 0.3 is 0 Å². The Morgan fingerprint density at radius 3 is 2.40 bits per heavy atom. The SMILES string of the molecule is Nc1cc(Cl)cc(Cl)c1S(=O)(=O)Nc1ccc(Cl)nc1. The van der Waals surface area contributed by atoms with Crippen molar-refractivity contribution >= 4 is 56.2 Å². The molecule has 3 N–H and O–H groups in total. The lowest BCUT2D eigenvalue weighted by atomic mass is 10.3. The molecule has 0 aliphatic carbocycles. The minimum absolute atomic E-state index is 0.0445. The number of nitrogens with one attached hydrogen (secondary N) is 1. The van der Waals surface area contributed by atoms with Gasteiger partial charge in [-0.3, -0.25) is 4.72 Å². The van der Waals surface area contributed by atoms with Crippen LogP contribution in [0.25, 0.3) is 0 Å². The summed E-state index contributed by atoms with van der Waals surface area (Å²) in [6, 6.07) is 5.52. The fourth-order valence-corrected chi connectivity index (χ4v) is 3.65. The Kier molecular flexibility index (Phi) is 4.29. The number of nitrogens with zero attached hydrogens (tertiary/aromatic N) is 1. The molecule has 9 heteroatoms. The number of hydrogen-bond acceptors (Lipinski definition) is 4. The number of aromatic nitrogens is 1. The van der Waals surface area contributed by atoms with Gasteiger partial charge in [-0.1, -0.05) is 34.8 Å². The van der Waals surface area contributed by atoms with Gasteiger partial charge in [-0.25, -0.2) is 13.4 Å². The summed E-state index contributed by atoms with van der Waals surface area (Å²) in [5.41, 5.74) is 5.85. The van der Waals surface area contributed by atoms with Gasteiger partial charge in [-0.2, -0.15) is 0 Å². The van der Waals surface area contributed by atoms with Crippen molar-refractivity contribution < 1.29 is 8.42 Å². The molecule has 0 fully saturated rings. The third kappa shape index (κ3) is 3.27. The molecule has 0 aliphatic rings. The van der Waals surface area contributed by atoms with Crippen molar-refractivity contribution in [2.45, 2.75) is 4.90 Å². The number of anilines is 2. The lowest BCUT2D eigenvalue weighted by Crippen LogP contribution is -2.15. The van der Waals surface area contributed by atoms with Crippen LogP contribution in [-0.4, -0.2) is 13.4 Å². The third-order valence-electron chi connectivity index (χ3n) is 2.29. The zero-order chi connectivity index (χ0) is 14.9. The number of halogens is 3. The summed E-state index contributed by atoms with van der Waals surface area (Å²) in [6.45, 7) is 0. The van der Waals surface area contributed by atoms with Crippen LogP contribution in [-0.2, 0) is 10.0 Å². The van der Waals surface area contributed by atoms with Crippen LogP contribution >= 0.6 is 34.8 Å². The van der Waals surface area contributed by atoms with E-state index >= 15 is 0 Å². The summed E-state index contributed by atoms with van der Waals surface area (Å²) in [5.74, 6) is 0. The molecule has 20 heavy (non-hydrogen) atoms. The van der Waals surface area contributed by atoms with Crippen molar-refractivity contribution in [2.24, 2.45) is 0 Å². The van der Waals surface area contributed by atoms with Gasteiger partial charge < -0.3 is 5.73 Å². The van der Waals surface area contributed by atoms with E-state index in [1.54, 1.807) is 0 Å². The van der Waals surface area contributed by atoms with Gasteiger partial charge in [0.15, 0.2) is 0 Å². The van der Waals surface area contributed by atoms with E-state index in [4.69, 9.17) is 40.5 Å². The van der Waals surface area contributed by atoms with Gasteiger partial charge in [0.05, 0.1) is 22.6 Å². The van der Waals surface area contributed by atoms with Crippen LogP contribution in [0.3, 0.4) is 0 Å². The van der Waals surface area contributed by atoms with Crippen molar-refractivity contribution in [1.82, 2.24) is 4.98 Å². The molecule has 1 aromatic carbocycles. The highest BCUT2D eigenvalue weighted by Gasteiger charge is 2.22. The van der Waals surface area contributed by atoms with Gasteiger partial charge in [0.25, 0.3) is 10.0 Å². The third-order valence-corrected chi connectivity index (χ3v) is 4.63. The van der Waals surface area contributed by atoms with Crippen LogP contribution in [0, 0.1) is 0 Å². The monoisotopic (exact) mass is 351 g/mol. The zero-order valence-electron chi connectivity index (χ0n) is 9.77. The van der Waals surface area contributed by atoms with E-state index in [0.29, 0.717) is 0 Å². The molecular formula is C11H8Cl3N3O2S. The molecule has 106 valence electrons. The number of nitrogen functional groups attached to an aromatic ring is 1. The van der Waals surface area contributed by atoms with Crippen LogP contribution in [0.4, 0.5) is 11.4 Å². The summed E-state index contributed by atoms with van der Waals surface area (Å²) < 4.78 is 26.8. The summed E-state index contributed by atoms with van der Waals surface area (Å²) in [4.78, 5) is 3.53. The summed E-state index contributed by atoms with van der Waals surface area (Å²) in [5, 5.41) is 0.431. The topological polar surface area (TPSA) is 85.1 Å². The van der Waals surface area contributed by atoms with Gasteiger partial charge in [0, 0.05) is 5.02 Å². The Morgan fingerprint density at radius 2 is 1.85 bits per heavy atom. The predicted molar refractivity (Wildman–Crippen MR) is 80.9 cm³/mol. The first-order chi connectivity index (χ1) is 9.29. The highest BCUT2D eigenvalue weighted by atomic mass is 35.5. The normalized spacial score (nSPS) is 11.3. The molecule has 0 spiro atoms. The van der Waals surface area contributed by atoms with E-state index in [2.05, 4.69) is 9.71 Å². The Morgan fingerprint density at radius 1 is 1.15 bits per heavy atom. The fraction of sp³-hybridized carbons (Fsp3) is 0. The average molecular weight is 353 g/mol. The van der Waals surface area contributed by atoms with Crippen LogP contribution < -0.4 is 10.5 Å². The number of hydrogen-bond donors (Lipinski definition) is 2. The lowest BCUT2D eigenvalue weighted by Gasteiger charge is -2.11. The van der Waals surface area contributed by atoms with Gasteiger partial charge in [-0.05, 0) is 24.3 Å². The van der Waals surface area contributed by atoms with Gasteiger partial charge in [-0.15, -0.1) is 0 Å². The second-order valence-electron chi connectivity index (χ2n) is 3.78. The molecule has 0 aliphatic heterocycles. The van der Waals surface area contributed by atoms with E-state index in [1.165, 1.54) is 30.5 Å². The van der Waals surface area contributed by atoms with Crippen molar-refractivity contribution in [1.29, 1.82) is 0 Å². The second-order valence-corrected chi connectivity index (χ2v) is 6.63. The standard InChI is InChI=1S/C11H8Cl3N3O2S/c12-6-3-8(13)11(9(15)4-6)20(18,19)17-7-1-2-10(14)16-5-7/h1-5,17H,15H2. The molecular weight excluding hydrogens is 345 g/mol. The van der Waals surface area contributed by atoms with E-state index in [9.17, 15) is 8.42 Å². The Bertz CT molecular complexity index is 725. The number of rotatable bonds is 3. The van der Waals surface area contributed by atoms with Crippen molar-refractivity contribution in [3.05, 3.63) is 45.7 Å². The second kappa shape index (κ2) is 5.65. The van der Waals surface area contributed by atoms with Gasteiger partial charge in [0.2, 0.25) is 0 Å². The molecule has 1 heterocycles. The van der Waals surface area contributed by atoms with E-state index in [-0.39, 0.29) is 31.5 Å². The molecule has 0 saturated carbocycles. The van der Waals surface area contributed by atoms with Crippen LogP contribution in [0.2, 0.25) is 15.2 Å². The van der Waals surface area contributed by atoms with Crippen LogP contribution in [0.1, 0.15) is 0 Å². The first-order valence-corrected chi connectivity index (χ1v) is 7.80. The fourth-order valence-electron chi connectivity index (χ4n) is 1.51. The Hall–Kier alpha value is -1.21. The highest BCUT2D eigenvalue weighted by Crippen LogP contribution is 2.32. The minimum atomic E-state index is -3.95. The molecule has 1 aromatic heterocycles. The van der Waals surface area contributed by atoms with E-state index in [1.807, 2.05) is 0 Å². The molecule has 0 radical (unpaired) electrons. The Labute approximate surface area is 130 Å². The predicted octanol–water partition coefficient (Wildman–Crippen LogP) is 3.42. The van der Waals surface area contributed by atoms with Crippen molar-refractivity contribution in [3.8, 4) is 0 Å². The minimum Gasteiger partial charge on any atom is -0.398 e. The van der Waals surface area contributed by atoms with Crippen LogP contribution in [0.15, 0.2) is 35.4 Å². The zero-order valence-corrected chi connectivity index (χ0v) is 12.9. The summed E-state index contributed by atoms with van der Waals surface area (Å²) in [7, 11) is -3.95. The lowest BCUT2D eigenvalue weighted by molar-refractivity contribution is 0.601. The number of sulfonamides is 1. The number of nitrogens with two attached hydrogens (primary N) is 1.